The maximum absolute atomic E-state index is 12.3. The average molecular weight is 228 g/mol. The number of nitrogens with two attached hydrogens (primary N) is 2. The molecular formula is C13H12N2O2. The molecule has 0 saturated carbocycles. The minimum Gasteiger partial charge on any atom is -0.484 e. The highest BCUT2D eigenvalue weighted by Gasteiger charge is 2.35. The first-order chi connectivity index (χ1) is 8.15. The van der Waals surface area contributed by atoms with E-state index in [0.717, 1.165) is 0 Å². The highest BCUT2D eigenvalue weighted by atomic mass is 16.5. The number of Topliss-reactive ketones (excluding diaryl/α,β-unsaturated/α-hetero) is 1. The summed E-state index contributed by atoms with van der Waals surface area (Å²) in [7, 11) is 0. The fourth-order valence-corrected chi connectivity index (χ4v) is 2.19. The van der Waals surface area contributed by atoms with E-state index in [-0.39, 0.29) is 17.8 Å². The van der Waals surface area contributed by atoms with Crippen LogP contribution in [0.5, 0.6) is 5.75 Å². The highest BCUT2D eigenvalue weighted by Crippen LogP contribution is 2.35. The lowest BCUT2D eigenvalue weighted by atomic mass is 9.86. The zero-order valence-corrected chi connectivity index (χ0v) is 9.09. The summed E-state index contributed by atoms with van der Waals surface area (Å²) in [5.74, 6) is 0.259. The Morgan fingerprint density at radius 3 is 2.88 bits per heavy atom. The summed E-state index contributed by atoms with van der Waals surface area (Å²) in [6.45, 7) is 0. The number of benzene rings is 1. The fourth-order valence-electron chi connectivity index (χ4n) is 2.19. The summed E-state index contributed by atoms with van der Waals surface area (Å²) in [6, 6.07) is 5.08. The van der Waals surface area contributed by atoms with Crippen molar-refractivity contribution in [2.24, 2.45) is 11.7 Å². The van der Waals surface area contributed by atoms with Crippen LogP contribution in [0.2, 0.25) is 0 Å². The molecule has 1 aliphatic heterocycles. The first-order valence-corrected chi connectivity index (χ1v) is 5.41. The predicted octanol–water partition coefficient (Wildman–Crippen LogP) is 1.24. The van der Waals surface area contributed by atoms with Gasteiger partial charge in [0.2, 0.25) is 0 Å². The number of hydrogen-bond donors (Lipinski definition) is 2. The molecule has 0 aromatic heterocycles. The van der Waals surface area contributed by atoms with Crippen LogP contribution in [0.3, 0.4) is 0 Å². The van der Waals surface area contributed by atoms with Gasteiger partial charge < -0.3 is 16.2 Å². The number of ether oxygens (including phenoxy) is 1. The molecule has 0 spiro atoms. The largest absolute Gasteiger partial charge is 0.484 e. The molecule has 4 N–H and O–H groups in total. The smallest absolute Gasteiger partial charge is 0.177 e. The number of rotatable bonds is 0. The zero-order chi connectivity index (χ0) is 12.0. The molecule has 2 unspecified atom stereocenters. The predicted molar refractivity (Wildman–Crippen MR) is 64.5 cm³/mol. The van der Waals surface area contributed by atoms with Crippen molar-refractivity contribution in [1.82, 2.24) is 0 Å². The van der Waals surface area contributed by atoms with Gasteiger partial charge in [-0.25, -0.2) is 0 Å². The molecular weight excluding hydrogens is 216 g/mol. The summed E-state index contributed by atoms with van der Waals surface area (Å²) < 4.78 is 5.75. The second kappa shape index (κ2) is 3.38. The van der Waals surface area contributed by atoms with Gasteiger partial charge in [0.25, 0.3) is 0 Å². The molecule has 17 heavy (non-hydrogen) atoms. The molecule has 86 valence electrons. The Hall–Kier alpha value is -2.23. The second-order valence-electron chi connectivity index (χ2n) is 4.25. The van der Waals surface area contributed by atoms with Gasteiger partial charge in [0, 0.05) is 17.5 Å². The Morgan fingerprint density at radius 2 is 2.06 bits per heavy atom. The van der Waals surface area contributed by atoms with Gasteiger partial charge in [0.1, 0.15) is 11.9 Å². The minimum atomic E-state index is -0.323. The molecule has 0 radical (unpaired) electrons. The van der Waals surface area contributed by atoms with E-state index in [1.165, 1.54) is 0 Å². The van der Waals surface area contributed by atoms with Crippen molar-refractivity contribution in [2.45, 2.75) is 6.10 Å². The van der Waals surface area contributed by atoms with Gasteiger partial charge in [-0.15, -0.1) is 0 Å². The van der Waals surface area contributed by atoms with Crippen LogP contribution in [0, 0.1) is 5.92 Å². The van der Waals surface area contributed by atoms with E-state index >= 15 is 0 Å². The van der Waals surface area contributed by atoms with Crippen LogP contribution in [-0.4, -0.2) is 11.9 Å². The van der Waals surface area contributed by atoms with Crippen molar-refractivity contribution in [2.75, 3.05) is 5.73 Å². The summed E-state index contributed by atoms with van der Waals surface area (Å²) in [4.78, 5) is 12.3. The fraction of sp³-hybridized carbons (Fsp3) is 0.154. The van der Waals surface area contributed by atoms with Crippen molar-refractivity contribution in [3.05, 3.63) is 47.7 Å². The van der Waals surface area contributed by atoms with Gasteiger partial charge in [-0.2, -0.15) is 0 Å². The third-order valence-electron chi connectivity index (χ3n) is 3.04. The van der Waals surface area contributed by atoms with E-state index in [1.807, 2.05) is 6.08 Å². The molecule has 0 amide bonds. The lowest BCUT2D eigenvalue weighted by Gasteiger charge is -2.31. The molecule has 1 aliphatic carbocycles. The van der Waals surface area contributed by atoms with Crippen LogP contribution < -0.4 is 16.2 Å². The van der Waals surface area contributed by atoms with E-state index < -0.39 is 0 Å². The average Bonchev–Trinajstić information content (AvgIpc) is 2.30. The molecule has 2 atom stereocenters. The topological polar surface area (TPSA) is 78.3 Å². The Labute approximate surface area is 98.5 Å². The van der Waals surface area contributed by atoms with Crippen LogP contribution in [-0.2, 0) is 0 Å². The Balaban J connectivity index is 2.09. The molecule has 3 rings (SSSR count). The normalized spacial score (nSPS) is 25.6. The number of anilines is 1. The van der Waals surface area contributed by atoms with Gasteiger partial charge >= 0.3 is 0 Å². The summed E-state index contributed by atoms with van der Waals surface area (Å²) in [5, 5.41) is 0. The van der Waals surface area contributed by atoms with Gasteiger partial charge in [-0.1, -0.05) is 0 Å². The first kappa shape index (κ1) is 9.96. The zero-order valence-electron chi connectivity index (χ0n) is 9.09. The first-order valence-electron chi connectivity index (χ1n) is 5.41. The molecule has 1 heterocycles. The number of nitrogen functional groups attached to an aromatic ring is 1. The number of hydrogen-bond acceptors (Lipinski definition) is 4. The van der Waals surface area contributed by atoms with Crippen LogP contribution in [0.25, 0.3) is 0 Å². The highest BCUT2D eigenvalue weighted by molar-refractivity contribution is 6.03. The Bertz CT molecular complexity index is 561. The molecule has 0 bridgehead atoms. The number of fused-ring (bicyclic) bond motifs is 2. The third kappa shape index (κ3) is 1.49. The van der Waals surface area contributed by atoms with E-state index in [4.69, 9.17) is 16.2 Å². The Morgan fingerprint density at radius 1 is 1.24 bits per heavy atom. The van der Waals surface area contributed by atoms with Crippen molar-refractivity contribution >= 4 is 11.5 Å². The minimum absolute atomic E-state index is 0.0311. The van der Waals surface area contributed by atoms with Crippen molar-refractivity contribution in [3.63, 3.8) is 0 Å². The van der Waals surface area contributed by atoms with Crippen molar-refractivity contribution in [1.29, 1.82) is 0 Å². The number of carbonyl (C=O) groups is 1. The van der Waals surface area contributed by atoms with Crippen LogP contribution in [0.15, 0.2) is 42.1 Å². The van der Waals surface area contributed by atoms with Crippen LogP contribution in [0.4, 0.5) is 5.69 Å². The molecule has 0 saturated heterocycles. The lowest BCUT2D eigenvalue weighted by Crippen LogP contribution is -2.37. The third-order valence-corrected chi connectivity index (χ3v) is 3.04. The monoisotopic (exact) mass is 228 g/mol. The molecule has 4 heteroatoms. The summed E-state index contributed by atoms with van der Waals surface area (Å²) >= 11 is 0. The Kier molecular flexibility index (Phi) is 1.98. The van der Waals surface area contributed by atoms with Gasteiger partial charge in [-0.3, -0.25) is 4.79 Å². The van der Waals surface area contributed by atoms with Crippen molar-refractivity contribution in [3.8, 4) is 5.75 Å². The van der Waals surface area contributed by atoms with Crippen molar-refractivity contribution < 1.29 is 9.53 Å². The maximum Gasteiger partial charge on any atom is 0.177 e. The molecule has 0 fully saturated rings. The molecule has 2 aliphatic rings. The van der Waals surface area contributed by atoms with Gasteiger partial charge in [-0.05, 0) is 30.4 Å². The van der Waals surface area contributed by atoms with E-state index in [2.05, 4.69) is 0 Å². The maximum atomic E-state index is 12.3. The standard InChI is InChI=1S/C13H12N2O2/c14-7-2-4-11-10(5-7)13(16)9-3-1-8(15)6-12(9)17-11/h1-6,10-11H,14-15H2. The van der Waals surface area contributed by atoms with E-state index in [1.54, 1.807) is 30.4 Å². The van der Waals surface area contributed by atoms with Crippen LogP contribution >= 0.6 is 0 Å². The summed E-state index contributed by atoms with van der Waals surface area (Å²) in [6.07, 6.45) is 5.03. The second-order valence-corrected chi connectivity index (χ2v) is 4.25. The van der Waals surface area contributed by atoms with Crippen LogP contribution in [0.1, 0.15) is 10.4 Å². The van der Waals surface area contributed by atoms with Gasteiger partial charge in [0.05, 0.1) is 11.5 Å². The molecule has 1 aromatic carbocycles. The quantitative estimate of drug-likeness (QED) is 0.655. The number of allylic oxidation sites excluding steroid dienone is 1. The SMILES string of the molecule is NC1=CC2C(=O)c3ccc(N)cc3OC2C=C1. The van der Waals surface area contributed by atoms with E-state index in [9.17, 15) is 4.79 Å². The van der Waals surface area contributed by atoms with E-state index in [0.29, 0.717) is 22.7 Å². The lowest BCUT2D eigenvalue weighted by molar-refractivity contribution is 0.0805. The summed E-state index contributed by atoms with van der Waals surface area (Å²) in [5.41, 5.74) is 13.1. The number of carbonyl (C=O) groups excluding carboxylic acids is 1. The molecule has 4 nitrogen and oxygen atoms in total. The van der Waals surface area contributed by atoms with Gasteiger partial charge in [0.15, 0.2) is 5.78 Å². The number of ketones is 1. The molecule has 1 aromatic rings.